The molecule has 1 unspecified atom stereocenters. The summed E-state index contributed by atoms with van der Waals surface area (Å²) in [5.74, 6) is -0.959. The molecule has 1 aliphatic heterocycles. The van der Waals surface area contributed by atoms with Crippen molar-refractivity contribution >= 4 is 59.4 Å². The van der Waals surface area contributed by atoms with E-state index in [1.165, 1.54) is 16.4 Å². The molecule has 1 aliphatic rings. The zero-order valence-corrected chi connectivity index (χ0v) is 20.8. The van der Waals surface area contributed by atoms with E-state index in [0.717, 1.165) is 13.8 Å². The van der Waals surface area contributed by atoms with Gasteiger partial charge in [0.2, 0.25) is 15.9 Å². The fourth-order valence-electron chi connectivity index (χ4n) is 3.45. The van der Waals surface area contributed by atoms with Crippen molar-refractivity contribution in [2.24, 2.45) is 0 Å². The van der Waals surface area contributed by atoms with Crippen molar-refractivity contribution < 1.29 is 18.0 Å². The van der Waals surface area contributed by atoms with E-state index < -0.39 is 33.4 Å². The van der Waals surface area contributed by atoms with Gasteiger partial charge in [-0.3, -0.25) is 9.59 Å². The Morgan fingerprint density at radius 2 is 1.50 bits per heavy atom. The average Bonchev–Trinajstić information content (AvgIpc) is 2.96. The summed E-state index contributed by atoms with van der Waals surface area (Å²) in [6.07, 6.45) is 0.271. The van der Waals surface area contributed by atoms with Crippen molar-refractivity contribution in [2.75, 3.05) is 4.90 Å². The maximum atomic E-state index is 13.6. The van der Waals surface area contributed by atoms with Crippen LogP contribution in [0.1, 0.15) is 33.6 Å². The van der Waals surface area contributed by atoms with Gasteiger partial charge in [-0.2, -0.15) is 4.31 Å². The predicted molar refractivity (Wildman–Crippen MR) is 123 cm³/mol. The molecule has 0 aliphatic carbocycles. The smallest absolute Gasteiger partial charge is 0.252 e. The van der Waals surface area contributed by atoms with Gasteiger partial charge in [0, 0.05) is 14.5 Å². The van der Waals surface area contributed by atoms with E-state index in [2.05, 4.69) is 31.9 Å². The van der Waals surface area contributed by atoms with E-state index >= 15 is 0 Å². The van der Waals surface area contributed by atoms with Gasteiger partial charge in [-0.15, -0.1) is 0 Å². The van der Waals surface area contributed by atoms with Gasteiger partial charge < -0.3 is 0 Å². The van der Waals surface area contributed by atoms with Crippen LogP contribution >= 0.6 is 31.9 Å². The maximum Gasteiger partial charge on any atom is 0.252 e. The number of carbonyl (C=O) groups excluding carboxylic acids is 2. The summed E-state index contributed by atoms with van der Waals surface area (Å²) in [6.45, 7) is 5.39. The summed E-state index contributed by atoms with van der Waals surface area (Å²) in [5, 5.41) is 0. The number of hydrogen-bond donors (Lipinski definition) is 0. The third-order valence-corrected chi connectivity index (χ3v) is 8.51. The number of benzene rings is 2. The van der Waals surface area contributed by atoms with Gasteiger partial charge in [-0.25, -0.2) is 13.3 Å². The van der Waals surface area contributed by atoms with Crippen LogP contribution in [-0.2, 0) is 19.6 Å². The molecule has 9 heteroatoms. The SMILES string of the molecule is CCC(C)(C)N(C1CC(=O)N(c2ccc(Br)cc2)C1=O)S(=O)(=O)c1ccc(Br)cc1. The number of amides is 2. The van der Waals surface area contributed by atoms with Crippen molar-refractivity contribution in [2.45, 2.75) is 50.1 Å². The molecule has 2 aromatic rings. The van der Waals surface area contributed by atoms with Crippen LogP contribution in [0.15, 0.2) is 62.4 Å². The first-order valence-corrected chi connectivity index (χ1v) is 12.4. The molecule has 1 fully saturated rings. The second-order valence-electron chi connectivity index (χ2n) is 7.68. The van der Waals surface area contributed by atoms with Gasteiger partial charge in [-0.05, 0) is 68.8 Å². The molecule has 2 amide bonds. The van der Waals surface area contributed by atoms with Crippen LogP contribution in [0, 0.1) is 0 Å². The molecule has 160 valence electrons. The molecule has 0 radical (unpaired) electrons. The summed E-state index contributed by atoms with van der Waals surface area (Å²) in [7, 11) is -4.03. The van der Waals surface area contributed by atoms with Crippen molar-refractivity contribution in [3.8, 4) is 0 Å². The number of halogens is 2. The first-order valence-electron chi connectivity index (χ1n) is 9.41. The summed E-state index contributed by atoms with van der Waals surface area (Å²) in [6, 6.07) is 11.9. The highest BCUT2D eigenvalue weighted by atomic mass is 79.9. The Bertz CT molecular complexity index is 1070. The molecule has 6 nitrogen and oxygen atoms in total. The summed E-state index contributed by atoms with van der Waals surface area (Å²) >= 11 is 6.64. The Kier molecular flexibility index (Phi) is 6.57. The predicted octanol–water partition coefficient (Wildman–Crippen LogP) is 4.72. The second kappa shape index (κ2) is 8.53. The number of hydrogen-bond acceptors (Lipinski definition) is 4. The number of imide groups is 1. The van der Waals surface area contributed by atoms with Crippen LogP contribution < -0.4 is 4.90 Å². The van der Waals surface area contributed by atoms with Crippen LogP contribution in [0.3, 0.4) is 0 Å². The van der Waals surface area contributed by atoms with Crippen molar-refractivity contribution in [1.82, 2.24) is 4.31 Å². The second-order valence-corrected chi connectivity index (χ2v) is 11.3. The zero-order valence-electron chi connectivity index (χ0n) is 16.8. The highest BCUT2D eigenvalue weighted by Crippen LogP contribution is 2.36. The zero-order chi connectivity index (χ0) is 22.3. The average molecular weight is 558 g/mol. The van der Waals surface area contributed by atoms with Crippen LogP contribution in [0.2, 0.25) is 0 Å². The molecule has 1 atom stereocenters. The molecule has 0 N–H and O–H groups in total. The molecule has 2 aromatic carbocycles. The number of nitrogens with zero attached hydrogens (tertiary/aromatic N) is 2. The Hall–Kier alpha value is -1.55. The first kappa shape index (κ1) is 23.1. The lowest BCUT2D eigenvalue weighted by molar-refractivity contribution is -0.122. The standard InChI is InChI=1S/C21H22Br2N2O4S/c1-4-21(2,3)25(30(28,29)17-11-7-15(23)8-12-17)18-13-19(26)24(20(18)27)16-9-5-14(22)6-10-16/h5-12,18H,4,13H2,1-3H3. The molecule has 3 rings (SSSR count). The molecule has 0 bridgehead atoms. The van der Waals surface area contributed by atoms with Gasteiger partial charge in [-0.1, -0.05) is 38.8 Å². The fraction of sp³-hybridized carbons (Fsp3) is 0.333. The molecule has 1 heterocycles. The van der Waals surface area contributed by atoms with Crippen molar-refractivity contribution in [3.05, 3.63) is 57.5 Å². The molecule has 1 saturated heterocycles. The van der Waals surface area contributed by atoms with Gasteiger partial charge in [0.1, 0.15) is 6.04 Å². The Morgan fingerprint density at radius 3 is 2.00 bits per heavy atom. The molecule has 30 heavy (non-hydrogen) atoms. The number of anilines is 1. The number of carbonyl (C=O) groups is 2. The van der Waals surface area contributed by atoms with E-state index in [0.29, 0.717) is 12.1 Å². The minimum atomic E-state index is -4.03. The van der Waals surface area contributed by atoms with Gasteiger partial charge in [0.05, 0.1) is 17.0 Å². The normalized spacial score (nSPS) is 17.8. The van der Waals surface area contributed by atoms with E-state index in [4.69, 9.17) is 0 Å². The minimum Gasteiger partial charge on any atom is -0.274 e. The van der Waals surface area contributed by atoms with Gasteiger partial charge in [0.15, 0.2) is 0 Å². The Morgan fingerprint density at radius 1 is 1.00 bits per heavy atom. The molecule has 0 saturated carbocycles. The fourth-order valence-corrected chi connectivity index (χ4v) is 5.97. The third-order valence-electron chi connectivity index (χ3n) is 5.32. The van der Waals surface area contributed by atoms with E-state index in [9.17, 15) is 18.0 Å². The topological polar surface area (TPSA) is 74.8 Å². The highest BCUT2D eigenvalue weighted by Gasteiger charge is 2.51. The largest absolute Gasteiger partial charge is 0.274 e. The highest BCUT2D eigenvalue weighted by molar-refractivity contribution is 9.10. The van der Waals surface area contributed by atoms with Crippen molar-refractivity contribution in [3.63, 3.8) is 0 Å². The third kappa shape index (κ3) is 4.26. The van der Waals surface area contributed by atoms with E-state index in [1.54, 1.807) is 50.2 Å². The molecular formula is C21H22Br2N2O4S. The van der Waals surface area contributed by atoms with Crippen LogP contribution in [0.5, 0.6) is 0 Å². The Balaban J connectivity index is 2.07. The number of rotatable bonds is 6. The van der Waals surface area contributed by atoms with E-state index in [-0.39, 0.29) is 11.3 Å². The summed E-state index contributed by atoms with van der Waals surface area (Å²) in [4.78, 5) is 27.2. The lowest BCUT2D eigenvalue weighted by Crippen LogP contribution is -2.55. The first-order chi connectivity index (χ1) is 14.0. The van der Waals surface area contributed by atoms with Crippen LogP contribution in [0.4, 0.5) is 5.69 Å². The quantitative estimate of drug-likeness (QED) is 0.481. The Labute approximate surface area is 193 Å². The monoisotopic (exact) mass is 556 g/mol. The van der Waals surface area contributed by atoms with Gasteiger partial charge >= 0.3 is 0 Å². The summed E-state index contributed by atoms with van der Waals surface area (Å²) in [5.41, 5.74) is -0.451. The summed E-state index contributed by atoms with van der Waals surface area (Å²) < 4.78 is 30.0. The number of sulfonamides is 1. The van der Waals surface area contributed by atoms with Crippen LogP contribution in [0.25, 0.3) is 0 Å². The molecule has 0 aromatic heterocycles. The van der Waals surface area contributed by atoms with Crippen molar-refractivity contribution in [1.29, 1.82) is 0 Å². The maximum absolute atomic E-state index is 13.6. The van der Waals surface area contributed by atoms with Gasteiger partial charge in [0.25, 0.3) is 5.91 Å². The lowest BCUT2D eigenvalue weighted by Gasteiger charge is -2.39. The van der Waals surface area contributed by atoms with Crippen LogP contribution in [-0.4, -0.2) is 36.1 Å². The molecular weight excluding hydrogens is 536 g/mol. The van der Waals surface area contributed by atoms with E-state index in [1.807, 2.05) is 6.92 Å². The minimum absolute atomic E-state index is 0.0783. The lowest BCUT2D eigenvalue weighted by atomic mass is 10.00. The molecule has 0 spiro atoms.